The standard InChI is InChI=1S/C25H26F2N2/c1-2-3-17-4-6-18(7-5-17)19-8-10-20(11-9-19)22-15-28-25(29-16-22)21-12-13-23(26)24(27)14-21/h8-18H,2-7H2,1H3. The molecule has 1 fully saturated rings. The first-order valence-electron chi connectivity index (χ1n) is 10.5. The van der Waals surface area contributed by atoms with Gasteiger partial charge in [0.25, 0.3) is 0 Å². The Morgan fingerprint density at radius 3 is 2.07 bits per heavy atom. The zero-order valence-electron chi connectivity index (χ0n) is 16.7. The maximum Gasteiger partial charge on any atom is 0.159 e. The Hall–Kier alpha value is -2.62. The van der Waals surface area contributed by atoms with Crippen LogP contribution < -0.4 is 0 Å². The topological polar surface area (TPSA) is 25.8 Å². The van der Waals surface area contributed by atoms with Crippen molar-refractivity contribution in [2.24, 2.45) is 5.92 Å². The van der Waals surface area contributed by atoms with E-state index in [-0.39, 0.29) is 0 Å². The Bertz CT molecular complexity index is 944. The molecule has 2 nitrogen and oxygen atoms in total. The minimum absolute atomic E-state index is 0.383. The molecular formula is C25H26F2N2. The van der Waals surface area contributed by atoms with E-state index in [9.17, 15) is 8.78 Å². The Morgan fingerprint density at radius 2 is 1.45 bits per heavy atom. The molecule has 0 unspecified atom stereocenters. The second-order valence-electron chi connectivity index (χ2n) is 8.05. The summed E-state index contributed by atoms with van der Waals surface area (Å²) < 4.78 is 26.5. The third-order valence-electron chi connectivity index (χ3n) is 6.09. The molecule has 0 aliphatic heterocycles. The minimum Gasteiger partial charge on any atom is -0.236 e. The Morgan fingerprint density at radius 1 is 0.793 bits per heavy atom. The van der Waals surface area contributed by atoms with Crippen LogP contribution in [0.1, 0.15) is 56.9 Å². The van der Waals surface area contributed by atoms with Crippen molar-refractivity contribution in [1.82, 2.24) is 9.97 Å². The lowest BCUT2D eigenvalue weighted by atomic mass is 9.77. The smallest absolute Gasteiger partial charge is 0.159 e. The van der Waals surface area contributed by atoms with Crippen LogP contribution in [0.25, 0.3) is 22.5 Å². The summed E-state index contributed by atoms with van der Waals surface area (Å²) >= 11 is 0. The molecule has 150 valence electrons. The lowest BCUT2D eigenvalue weighted by Crippen LogP contribution is -2.13. The molecule has 1 heterocycles. The van der Waals surface area contributed by atoms with E-state index in [0.29, 0.717) is 17.3 Å². The number of benzene rings is 2. The minimum atomic E-state index is -0.894. The van der Waals surface area contributed by atoms with Crippen LogP contribution in [-0.4, -0.2) is 9.97 Å². The fourth-order valence-electron chi connectivity index (χ4n) is 4.40. The molecule has 1 aliphatic carbocycles. The van der Waals surface area contributed by atoms with Crippen molar-refractivity contribution >= 4 is 0 Å². The number of rotatable bonds is 5. The van der Waals surface area contributed by atoms with Gasteiger partial charge in [-0.3, -0.25) is 0 Å². The summed E-state index contributed by atoms with van der Waals surface area (Å²) in [6.45, 7) is 2.28. The molecule has 0 radical (unpaired) electrons. The van der Waals surface area contributed by atoms with Gasteiger partial charge >= 0.3 is 0 Å². The average molecular weight is 392 g/mol. The predicted molar refractivity (Wildman–Crippen MR) is 112 cm³/mol. The van der Waals surface area contributed by atoms with Gasteiger partial charge in [-0.15, -0.1) is 0 Å². The van der Waals surface area contributed by atoms with E-state index in [1.54, 1.807) is 12.4 Å². The maximum atomic E-state index is 13.4. The van der Waals surface area contributed by atoms with Gasteiger partial charge in [0.15, 0.2) is 17.5 Å². The van der Waals surface area contributed by atoms with Crippen molar-refractivity contribution in [3.05, 3.63) is 72.1 Å². The van der Waals surface area contributed by atoms with Crippen molar-refractivity contribution in [2.75, 3.05) is 0 Å². The monoisotopic (exact) mass is 392 g/mol. The summed E-state index contributed by atoms with van der Waals surface area (Å²) in [4.78, 5) is 8.67. The van der Waals surface area contributed by atoms with E-state index in [2.05, 4.69) is 41.2 Å². The van der Waals surface area contributed by atoms with E-state index in [0.717, 1.165) is 29.2 Å². The highest BCUT2D eigenvalue weighted by molar-refractivity contribution is 5.64. The zero-order chi connectivity index (χ0) is 20.2. The van der Waals surface area contributed by atoms with Crippen molar-refractivity contribution in [1.29, 1.82) is 0 Å². The van der Waals surface area contributed by atoms with E-state index >= 15 is 0 Å². The number of hydrogen-bond acceptors (Lipinski definition) is 2. The van der Waals surface area contributed by atoms with E-state index in [4.69, 9.17) is 0 Å². The molecule has 0 atom stereocenters. The summed E-state index contributed by atoms with van der Waals surface area (Å²) in [5.74, 6) is 0.205. The van der Waals surface area contributed by atoms with Gasteiger partial charge in [-0.05, 0) is 66.8 Å². The first kappa shape index (κ1) is 19.7. The molecule has 0 spiro atoms. The Kier molecular flexibility index (Phi) is 5.98. The van der Waals surface area contributed by atoms with Crippen LogP contribution in [-0.2, 0) is 0 Å². The van der Waals surface area contributed by atoms with Crippen LogP contribution in [0, 0.1) is 17.6 Å². The van der Waals surface area contributed by atoms with Crippen molar-refractivity contribution in [2.45, 2.75) is 51.4 Å². The molecule has 1 saturated carbocycles. The molecule has 29 heavy (non-hydrogen) atoms. The van der Waals surface area contributed by atoms with Crippen molar-refractivity contribution in [3.8, 4) is 22.5 Å². The quantitative estimate of drug-likeness (QED) is 0.460. The molecule has 1 aliphatic rings. The molecule has 4 rings (SSSR count). The van der Waals surface area contributed by atoms with Gasteiger partial charge in [-0.2, -0.15) is 0 Å². The third kappa shape index (κ3) is 4.52. The van der Waals surface area contributed by atoms with Crippen LogP contribution in [0.3, 0.4) is 0 Å². The fourth-order valence-corrected chi connectivity index (χ4v) is 4.40. The highest BCUT2D eigenvalue weighted by atomic mass is 19.2. The van der Waals surface area contributed by atoms with Crippen LogP contribution in [0.5, 0.6) is 0 Å². The molecule has 4 heteroatoms. The summed E-state index contributed by atoms with van der Waals surface area (Å²) in [5.41, 5.74) is 3.85. The lowest BCUT2D eigenvalue weighted by molar-refractivity contribution is 0.308. The van der Waals surface area contributed by atoms with Crippen molar-refractivity contribution in [3.63, 3.8) is 0 Å². The van der Waals surface area contributed by atoms with Gasteiger partial charge in [0, 0.05) is 23.5 Å². The highest BCUT2D eigenvalue weighted by Crippen LogP contribution is 2.38. The molecular weight excluding hydrogens is 366 g/mol. The summed E-state index contributed by atoms with van der Waals surface area (Å²) in [6.07, 6.45) is 11.4. The Balaban J connectivity index is 1.44. The SMILES string of the molecule is CCCC1CCC(c2ccc(-c3cnc(-c4ccc(F)c(F)c4)nc3)cc2)CC1. The highest BCUT2D eigenvalue weighted by Gasteiger charge is 2.21. The summed E-state index contributed by atoms with van der Waals surface area (Å²) in [5, 5.41) is 0. The van der Waals surface area contributed by atoms with Gasteiger partial charge in [0.2, 0.25) is 0 Å². The molecule has 2 aromatic carbocycles. The number of nitrogens with zero attached hydrogens (tertiary/aromatic N) is 2. The molecule has 0 saturated heterocycles. The van der Waals surface area contributed by atoms with Crippen LogP contribution in [0.2, 0.25) is 0 Å². The first-order valence-corrected chi connectivity index (χ1v) is 10.5. The Labute approximate surface area is 171 Å². The van der Waals surface area contributed by atoms with Gasteiger partial charge < -0.3 is 0 Å². The maximum absolute atomic E-state index is 13.4. The number of halogens is 2. The molecule has 0 N–H and O–H groups in total. The van der Waals surface area contributed by atoms with Crippen LogP contribution in [0.15, 0.2) is 54.9 Å². The van der Waals surface area contributed by atoms with Gasteiger partial charge in [-0.1, -0.05) is 44.0 Å². The molecule has 0 bridgehead atoms. The zero-order valence-corrected chi connectivity index (χ0v) is 16.7. The fraction of sp³-hybridized carbons (Fsp3) is 0.360. The first-order chi connectivity index (χ1) is 14.1. The van der Waals surface area contributed by atoms with E-state index < -0.39 is 11.6 Å². The van der Waals surface area contributed by atoms with Gasteiger partial charge in [0.1, 0.15) is 0 Å². The van der Waals surface area contributed by atoms with Crippen LogP contribution >= 0.6 is 0 Å². The predicted octanol–water partition coefficient (Wildman–Crippen LogP) is 7.16. The largest absolute Gasteiger partial charge is 0.236 e. The van der Waals surface area contributed by atoms with E-state index in [1.165, 1.54) is 50.2 Å². The van der Waals surface area contributed by atoms with Gasteiger partial charge in [-0.25, -0.2) is 18.7 Å². The van der Waals surface area contributed by atoms with Gasteiger partial charge in [0.05, 0.1) is 0 Å². The van der Waals surface area contributed by atoms with E-state index in [1.807, 2.05) is 0 Å². The van der Waals surface area contributed by atoms with Crippen molar-refractivity contribution < 1.29 is 8.78 Å². The molecule has 1 aromatic heterocycles. The lowest BCUT2D eigenvalue weighted by Gasteiger charge is -2.28. The summed E-state index contributed by atoms with van der Waals surface area (Å²) in [7, 11) is 0. The average Bonchev–Trinajstić information content (AvgIpc) is 2.77. The second-order valence-corrected chi connectivity index (χ2v) is 8.05. The normalized spacial score (nSPS) is 19.3. The number of aromatic nitrogens is 2. The second kappa shape index (κ2) is 8.81. The molecule has 3 aromatic rings. The number of hydrogen-bond donors (Lipinski definition) is 0. The third-order valence-corrected chi connectivity index (χ3v) is 6.09. The van der Waals surface area contributed by atoms with Crippen LogP contribution in [0.4, 0.5) is 8.78 Å². The molecule has 0 amide bonds. The summed E-state index contributed by atoms with van der Waals surface area (Å²) in [6, 6.07) is 12.4.